The Labute approximate surface area is 92.2 Å². The second-order valence-electron chi connectivity index (χ2n) is 3.70. The highest BCUT2D eigenvalue weighted by molar-refractivity contribution is 6.12. The molecule has 2 aliphatic heterocycles. The lowest BCUT2D eigenvalue weighted by Gasteiger charge is -2.19. The Hall–Kier alpha value is -2.10. The lowest BCUT2D eigenvalue weighted by atomic mass is 10.1. The number of rotatable bonds is 1. The van der Waals surface area contributed by atoms with Crippen LogP contribution in [0.5, 0.6) is 0 Å². The van der Waals surface area contributed by atoms with Gasteiger partial charge in [0.05, 0.1) is 25.7 Å². The number of benzene rings is 1. The number of hydrogen-bond donors (Lipinski definition) is 0. The molecule has 0 aliphatic carbocycles. The van der Waals surface area contributed by atoms with Crippen LogP contribution in [0, 0.1) is 0 Å². The summed E-state index contributed by atoms with van der Waals surface area (Å²) in [4.78, 5) is 17.9. The fourth-order valence-corrected chi connectivity index (χ4v) is 2.09. The van der Waals surface area contributed by atoms with Gasteiger partial charge in [0.25, 0.3) is 0 Å². The average Bonchev–Trinajstić information content (AvgIpc) is 2.74. The van der Waals surface area contributed by atoms with Crippen molar-refractivity contribution >= 4 is 23.7 Å². The molecule has 0 spiro atoms. The minimum atomic E-state index is -0.320. The van der Waals surface area contributed by atoms with Crippen molar-refractivity contribution in [2.45, 2.75) is 0 Å². The van der Waals surface area contributed by atoms with Crippen molar-refractivity contribution in [3.63, 3.8) is 0 Å². The van der Waals surface area contributed by atoms with Crippen molar-refractivity contribution in [2.75, 3.05) is 13.7 Å². The van der Waals surface area contributed by atoms with Crippen molar-refractivity contribution in [1.82, 2.24) is 4.90 Å². The fraction of sp³-hybridized carbons (Fsp3) is 0.167. The molecule has 0 radical (unpaired) electrons. The Morgan fingerprint density at radius 2 is 2.12 bits per heavy atom. The Morgan fingerprint density at radius 1 is 1.38 bits per heavy atom. The number of nitrogens with zero attached hydrogens (tertiary/aromatic N) is 2. The molecule has 16 heavy (non-hydrogen) atoms. The van der Waals surface area contributed by atoms with Crippen LogP contribution in [0.4, 0.5) is 0 Å². The van der Waals surface area contributed by atoms with Gasteiger partial charge in [-0.15, -0.1) is 0 Å². The molecule has 3 rings (SSSR count). The first-order chi connectivity index (χ1) is 7.81. The molecule has 0 saturated heterocycles. The minimum absolute atomic E-state index is 0.320. The lowest BCUT2D eigenvalue weighted by Crippen LogP contribution is -2.41. The Kier molecular flexibility index (Phi) is 1.83. The first-order valence-electron chi connectivity index (χ1n) is 5.03. The zero-order valence-corrected chi connectivity index (χ0v) is 8.80. The van der Waals surface area contributed by atoms with Gasteiger partial charge in [-0.3, -0.25) is 0 Å². The highest BCUT2D eigenvalue weighted by atomic mass is 16.5. The standard InChI is InChI=1S/C12H10N2O2/c1-16-12(15)11-9-5-3-2-4-8(9)10-6-14(11)7-13-10/h2-5,7H,6H2,1H3. The van der Waals surface area contributed by atoms with E-state index in [4.69, 9.17) is 4.74 Å². The fourth-order valence-electron chi connectivity index (χ4n) is 2.09. The number of ether oxygens (including phenoxy) is 1. The van der Waals surface area contributed by atoms with Crippen molar-refractivity contribution < 1.29 is 9.53 Å². The van der Waals surface area contributed by atoms with E-state index in [2.05, 4.69) is 4.99 Å². The predicted molar refractivity (Wildman–Crippen MR) is 59.7 cm³/mol. The van der Waals surface area contributed by atoms with Crippen molar-refractivity contribution in [3.05, 3.63) is 34.7 Å². The Bertz CT molecular complexity index is 616. The SMILES string of the molecule is COC(=O)C1=c2ccccc2=C2CN1C=N2. The summed E-state index contributed by atoms with van der Waals surface area (Å²) in [6, 6.07) is 7.76. The maximum atomic E-state index is 11.7. The van der Waals surface area contributed by atoms with E-state index in [9.17, 15) is 4.79 Å². The molecule has 0 unspecified atom stereocenters. The van der Waals surface area contributed by atoms with E-state index in [1.165, 1.54) is 7.11 Å². The quantitative estimate of drug-likeness (QED) is 0.588. The van der Waals surface area contributed by atoms with E-state index < -0.39 is 0 Å². The van der Waals surface area contributed by atoms with Crippen LogP contribution in [-0.4, -0.2) is 30.9 Å². The van der Waals surface area contributed by atoms with Gasteiger partial charge >= 0.3 is 5.97 Å². The van der Waals surface area contributed by atoms with Crippen LogP contribution >= 0.6 is 0 Å². The zero-order chi connectivity index (χ0) is 11.1. The molecule has 0 amide bonds. The predicted octanol–water partition coefficient (Wildman–Crippen LogP) is -0.567. The van der Waals surface area contributed by atoms with Crippen LogP contribution in [-0.2, 0) is 9.53 Å². The molecule has 0 saturated carbocycles. The molecule has 2 heterocycles. The van der Waals surface area contributed by atoms with Crippen LogP contribution in [0.1, 0.15) is 0 Å². The smallest absolute Gasteiger partial charge is 0.355 e. The first kappa shape index (κ1) is 9.15. The summed E-state index contributed by atoms with van der Waals surface area (Å²) in [5.74, 6) is -0.320. The van der Waals surface area contributed by atoms with Gasteiger partial charge in [-0.2, -0.15) is 0 Å². The molecule has 1 aromatic rings. The van der Waals surface area contributed by atoms with Gasteiger partial charge in [0.2, 0.25) is 0 Å². The summed E-state index contributed by atoms with van der Waals surface area (Å²) >= 11 is 0. The van der Waals surface area contributed by atoms with E-state index in [0.717, 1.165) is 16.1 Å². The molecule has 0 aromatic heterocycles. The molecule has 0 fully saturated rings. The molecular formula is C12H10N2O2. The number of esters is 1. The van der Waals surface area contributed by atoms with E-state index >= 15 is 0 Å². The molecule has 0 N–H and O–H groups in total. The van der Waals surface area contributed by atoms with Crippen LogP contribution in [0.2, 0.25) is 0 Å². The second kappa shape index (κ2) is 3.20. The largest absolute Gasteiger partial charge is 0.464 e. The number of carbonyl (C=O) groups is 1. The van der Waals surface area contributed by atoms with Crippen LogP contribution in [0.25, 0.3) is 11.4 Å². The third-order valence-electron chi connectivity index (χ3n) is 2.83. The molecule has 4 heteroatoms. The maximum Gasteiger partial charge on any atom is 0.355 e. The Balaban J connectivity index is 2.43. The highest BCUT2D eigenvalue weighted by Crippen LogP contribution is 2.16. The molecule has 0 atom stereocenters. The number of hydrogen-bond acceptors (Lipinski definition) is 4. The van der Waals surface area contributed by atoms with E-state index in [1.54, 1.807) is 6.34 Å². The molecule has 4 nitrogen and oxygen atoms in total. The van der Waals surface area contributed by atoms with E-state index in [0.29, 0.717) is 12.2 Å². The molecule has 2 aliphatic rings. The van der Waals surface area contributed by atoms with Gasteiger partial charge in [0, 0.05) is 10.4 Å². The summed E-state index contributed by atoms with van der Waals surface area (Å²) < 4.78 is 4.81. The van der Waals surface area contributed by atoms with Gasteiger partial charge in [-0.25, -0.2) is 9.79 Å². The average molecular weight is 214 g/mol. The summed E-state index contributed by atoms with van der Waals surface area (Å²) in [5, 5.41) is 1.92. The lowest BCUT2D eigenvalue weighted by molar-refractivity contribution is -0.134. The van der Waals surface area contributed by atoms with Crippen LogP contribution in [0.3, 0.4) is 0 Å². The van der Waals surface area contributed by atoms with Gasteiger partial charge in [0.15, 0.2) is 0 Å². The van der Waals surface area contributed by atoms with Gasteiger partial charge in [-0.05, 0) is 0 Å². The molecular weight excluding hydrogens is 204 g/mol. The molecule has 2 bridgehead atoms. The number of fused-ring (bicyclic) bond motifs is 3. The Morgan fingerprint density at radius 3 is 2.88 bits per heavy atom. The van der Waals surface area contributed by atoms with Crippen LogP contribution in [0.15, 0.2) is 29.3 Å². The summed E-state index contributed by atoms with van der Waals surface area (Å²) in [5.41, 5.74) is 1.58. The van der Waals surface area contributed by atoms with Crippen molar-refractivity contribution in [3.8, 4) is 0 Å². The maximum absolute atomic E-state index is 11.7. The van der Waals surface area contributed by atoms with E-state index in [1.807, 2.05) is 29.2 Å². The number of methoxy groups -OCH3 is 1. The first-order valence-corrected chi connectivity index (χ1v) is 5.03. The third-order valence-corrected chi connectivity index (χ3v) is 2.83. The zero-order valence-electron chi connectivity index (χ0n) is 8.80. The topological polar surface area (TPSA) is 41.9 Å². The van der Waals surface area contributed by atoms with Gasteiger partial charge in [0.1, 0.15) is 5.70 Å². The number of aliphatic imine (C=N–C) groups is 1. The highest BCUT2D eigenvalue weighted by Gasteiger charge is 2.26. The molecule has 1 aromatic carbocycles. The van der Waals surface area contributed by atoms with E-state index in [-0.39, 0.29) is 5.97 Å². The van der Waals surface area contributed by atoms with Crippen LogP contribution < -0.4 is 10.4 Å². The minimum Gasteiger partial charge on any atom is -0.464 e. The number of carbonyl (C=O) groups excluding carboxylic acids is 1. The molecule has 80 valence electrons. The monoisotopic (exact) mass is 214 g/mol. The van der Waals surface area contributed by atoms with Gasteiger partial charge in [-0.1, -0.05) is 24.3 Å². The summed E-state index contributed by atoms with van der Waals surface area (Å²) in [6.07, 6.45) is 1.68. The summed E-state index contributed by atoms with van der Waals surface area (Å²) in [6.45, 7) is 0.654. The summed E-state index contributed by atoms with van der Waals surface area (Å²) in [7, 11) is 1.39. The van der Waals surface area contributed by atoms with Gasteiger partial charge < -0.3 is 9.64 Å². The second-order valence-corrected chi connectivity index (χ2v) is 3.70. The van der Waals surface area contributed by atoms with Crippen molar-refractivity contribution in [1.29, 1.82) is 0 Å². The normalized spacial score (nSPS) is 16.4. The van der Waals surface area contributed by atoms with Crippen molar-refractivity contribution in [2.24, 2.45) is 4.99 Å². The third kappa shape index (κ3) is 1.10.